The zero-order chi connectivity index (χ0) is 15.9. The van der Waals surface area contributed by atoms with Gasteiger partial charge in [-0.15, -0.1) is 0 Å². The quantitative estimate of drug-likeness (QED) is 0.852. The minimum Gasteiger partial charge on any atom is -0.394 e. The van der Waals surface area contributed by atoms with E-state index in [1.165, 1.54) is 12.1 Å². The monoisotopic (exact) mass is 306 g/mol. The van der Waals surface area contributed by atoms with Gasteiger partial charge in [0.2, 0.25) is 5.91 Å². The second-order valence-corrected chi connectivity index (χ2v) is 4.90. The molecular weight excluding hydrogens is 290 g/mol. The summed E-state index contributed by atoms with van der Waals surface area (Å²) in [6, 6.07) is 6.77. The van der Waals surface area contributed by atoms with Crippen LogP contribution in [0.1, 0.15) is 11.1 Å². The standard InChI is InChI=1S/C16H16F2N2O2/c17-14-3-1-2-12(16(14)18)9-15(22)20-13(10-21)8-11-4-6-19-7-5-11/h1-7,13,21H,8-10H2,(H,20,22)/t13-/m1/s1. The Kier molecular flexibility index (Phi) is 5.55. The number of hydrogen-bond acceptors (Lipinski definition) is 3. The lowest BCUT2D eigenvalue weighted by Gasteiger charge is -2.16. The summed E-state index contributed by atoms with van der Waals surface area (Å²) in [5.41, 5.74) is 0.893. The summed E-state index contributed by atoms with van der Waals surface area (Å²) in [4.78, 5) is 15.8. The van der Waals surface area contributed by atoms with Crippen molar-refractivity contribution in [3.05, 3.63) is 65.5 Å². The zero-order valence-electron chi connectivity index (χ0n) is 11.8. The maximum Gasteiger partial charge on any atom is 0.224 e. The van der Waals surface area contributed by atoms with Crippen molar-refractivity contribution in [1.82, 2.24) is 10.3 Å². The fourth-order valence-electron chi connectivity index (χ4n) is 2.10. The Morgan fingerprint density at radius 3 is 2.64 bits per heavy atom. The van der Waals surface area contributed by atoms with Crippen molar-refractivity contribution in [3.8, 4) is 0 Å². The van der Waals surface area contributed by atoms with Gasteiger partial charge in [-0.3, -0.25) is 9.78 Å². The Labute approximate surface area is 126 Å². The molecule has 1 aromatic carbocycles. The molecule has 0 spiro atoms. The van der Waals surface area contributed by atoms with E-state index in [1.807, 2.05) is 0 Å². The highest BCUT2D eigenvalue weighted by atomic mass is 19.2. The molecule has 0 bridgehead atoms. The van der Waals surface area contributed by atoms with Gasteiger partial charge in [-0.1, -0.05) is 12.1 Å². The molecule has 0 fully saturated rings. The summed E-state index contributed by atoms with van der Waals surface area (Å²) < 4.78 is 26.6. The van der Waals surface area contributed by atoms with Gasteiger partial charge >= 0.3 is 0 Å². The van der Waals surface area contributed by atoms with Gasteiger partial charge < -0.3 is 10.4 Å². The normalized spacial score (nSPS) is 12.0. The van der Waals surface area contributed by atoms with E-state index >= 15 is 0 Å². The van der Waals surface area contributed by atoms with Crippen LogP contribution in [-0.2, 0) is 17.6 Å². The average molecular weight is 306 g/mol. The number of carbonyl (C=O) groups is 1. The maximum atomic E-state index is 13.5. The fourth-order valence-corrected chi connectivity index (χ4v) is 2.10. The Bertz CT molecular complexity index is 635. The van der Waals surface area contributed by atoms with Gasteiger partial charge in [0.1, 0.15) is 0 Å². The van der Waals surface area contributed by atoms with Crippen LogP contribution in [0, 0.1) is 11.6 Å². The Balaban J connectivity index is 1.96. The van der Waals surface area contributed by atoms with Gasteiger partial charge in [0, 0.05) is 18.0 Å². The van der Waals surface area contributed by atoms with Crippen molar-refractivity contribution in [3.63, 3.8) is 0 Å². The van der Waals surface area contributed by atoms with Crippen LogP contribution in [0.15, 0.2) is 42.7 Å². The van der Waals surface area contributed by atoms with Crippen molar-refractivity contribution in [2.45, 2.75) is 18.9 Å². The van der Waals surface area contributed by atoms with Crippen molar-refractivity contribution in [1.29, 1.82) is 0 Å². The topological polar surface area (TPSA) is 62.2 Å². The highest BCUT2D eigenvalue weighted by molar-refractivity contribution is 5.79. The number of aliphatic hydroxyl groups is 1. The molecule has 0 saturated heterocycles. The molecule has 6 heteroatoms. The molecule has 0 unspecified atom stereocenters. The smallest absolute Gasteiger partial charge is 0.224 e. The number of carbonyl (C=O) groups excluding carboxylic acids is 1. The maximum absolute atomic E-state index is 13.5. The second kappa shape index (κ2) is 7.61. The van der Waals surface area contributed by atoms with Crippen LogP contribution in [0.3, 0.4) is 0 Å². The first-order valence-electron chi connectivity index (χ1n) is 6.82. The van der Waals surface area contributed by atoms with Crippen LogP contribution in [0.25, 0.3) is 0 Å². The molecular formula is C16H16F2N2O2. The van der Waals surface area contributed by atoms with Crippen LogP contribution >= 0.6 is 0 Å². The number of benzene rings is 1. The van der Waals surface area contributed by atoms with Gasteiger partial charge in [0.05, 0.1) is 19.1 Å². The number of hydrogen-bond donors (Lipinski definition) is 2. The molecule has 1 atom stereocenters. The van der Waals surface area contributed by atoms with Crippen LogP contribution in [0.2, 0.25) is 0 Å². The van der Waals surface area contributed by atoms with Crippen LogP contribution in [0.4, 0.5) is 8.78 Å². The highest BCUT2D eigenvalue weighted by Gasteiger charge is 2.15. The summed E-state index contributed by atoms with van der Waals surface area (Å²) in [5, 5.41) is 11.9. The summed E-state index contributed by atoms with van der Waals surface area (Å²) in [6.07, 6.45) is 3.38. The van der Waals surface area contributed by atoms with E-state index in [9.17, 15) is 18.7 Å². The minimum atomic E-state index is -1.02. The molecule has 2 aromatic rings. The Morgan fingerprint density at radius 1 is 1.23 bits per heavy atom. The molecule has 2 rings (SSSR count). The molecule has 22 heavy (non-hydrogen) atoms. The largest absolute Gasteiger partial charge is 0.394 e. The average Bonchev–Trinajstić information content (AvgIpc) is 2.52. The van der Waals surface area contributed by atoms with Crippen molar-refractivity contribution in [2.75, 3.05) is 6.61 Å². The van der Waals surface area contributed by atoms with E-state index in [2.05, 4.69) is 10.3 Å². The number of nitrogens with zero attached hydrogens (tertiary/aromatic N) is 1. The Hall–Kier alpha value is -2.34. The van der Waals surface area contributed by atoms with E-state index in [4.69, 9.17) is 0 Å². The van der Waals surface area contributed by atoms with Gasteiger partial charge in [-0.2, -0.15) is 0 Å². The van der Waals surface area contributed by atoms with Gasteiger partial charge in [-0.25, -0.2) is 8.78 Å². The molecule has 1 amide bonds. The lowest BCUT2D eigenvalue weighted by Crippen LogP contribution is -2.40. The molecule has 0 aliphatic rings. The number of aromatic nitrogens is 1. The summed E-state index contributed by atoms with van der Waals surface area (Å²) >= 11 is 0. The zero-order valence-corrected chi connectivity index (χ0v) is 11.8. The number of halogens is 2. The summed E-state index contributed by atoms with van der Waals surface area (Å²) in [7, 11) is 0. The van der Waals surface area contributed by atoms with Gasteiger partial charge in [0.15, 0.2) is 11.6 Å². The SMILES string of the molecule is O=C(Cc1cccc(F)c1F)N[C@@H](CO)Cc1ccncc1. The van der Waals surface area contributed by atoms with Crippen molar-refractivity contribution in [2.24, 2.45) is 0 Å². The molecule has 4 nitrogen and oxygen atoms in total. The van der Waals surface area contributed by atoms with E-state index in [0.717, 1.165) is 11.6 Å². The van der Waals surface area contributed by atoms with E-state index in [1.54, 1.807) is 24.5 Å². The number of aliphatic hydroxyl groups excluding tert-OH is 1. The van der Waals surface area contributed by atoms with Crippen molar-refractivity contribution >= 4 is 5.91 Å². The third-order valence-corrected chi connectivity index (χ3v) is 3.20. The fraction of sp³-hybridized carbons (Fsp3) is 0.250. The molecule has 116 valence electrons. The molecule has 1 heterocycles. The highest BCUT2D eigenvalue weighted by Crippen LogP contribution is 2.12. The third-order valence-electron chi connectivity index (χ3n) is 3.20. The van der Waals surface area contributed by atoms with Gasteiger partial charge in [-0.05, 0) is 30.2 Å². The lowest BCUT2D eigenvalue weighted by molar-refractivity contribution is -0.121. The van der Waals surface area contributed by atoms with Crippen LogP contribution in [0.5, 0.6) is 0 Å². The molecule has 0 saturated carbocycles. The Morgan fingerprint density at radius 2 is 1.95 bits per heavy atom. The number of rotatable bonds is 6. The molecule has 0 aliphatic heterocycles. The summed E-state index contributed by atoms with van der Waals surface area (Å²) in [5.74, 6) is -2.48. The second-order valence-electron chi connectivity index (χ2n) is 4.90. The summed E-state index contributed by atoms with van der Waals surface area (Å²) in [6.45, 7) is -0.250. The van der Waals surface area contributed by atoms with E-state index in [0.29, 0.717) is 6.42 Å². The molecule has 0 radical (unpaired) electrons. The van der Waals surface area contributed by atoms with Crippen LogP contribution < -0.4 is 5.32 Å². The number of amides is 1. The van der Waals surface area contributed by atoms with E-state index < -0.39 is 23.6 Å². The first kappa shape index (κ1) is 16.0. The van der Waals surface area contributed by atoms with Gasteiger partial charge in [0.25, 0.3) is 0 Å². The third kappa shape index (κ3) is 4.33. The minimum absolute atomic E-state index is 0.0156. The lowest BCUT2D eigenvalue weighted by atomic mass is 10.1. The van der Waals surface area contributed by atoms with Crippen LogP contribution in [-0.4, -0.2) is 28.6 Å². The van der Waals surface area contributed by atoms with Crippen molar-refractivity contribution < 1.29 is 18.7 Å². The predicted octanol–water partition coefficient (Wildman–Crippen LogP) is 1.62. The predicted molar refractivity (Wildman–Crippen MR) is 77.0 cm³/mol. The molecule has 0 aliphatic carbocycles. The molecule has 1 aromatic heterocycles. The first-order chi connectivity index (χ1) is 10.6. The first-order valence-corrected chi connectivity index (χ1v) is 6.82. The number of nitrogens with one attached hydrogen (secondary N) is 1. The van der Waals surface area contributed by atoms with E-state index in [-0.39, 0.29) is 18.6 Å². The number of pyridine rings is 1. The molecule has 2 N–H and O–H groups in total.